The van der Waals surface area contributed by atoms with Crippen molar-refractivity contribution >= 4 is 16.1 Å². The van der Waals surface area contributed by atoms with Gasteiger partial charge in [0.2, 0.25) is 0 Å². The predicted octanol–water partition coefficient (Wildman–Crippen LogP) is 14.2. The molecular formula is C60H60Si2. The van der Waals surface area contributed by atoms with Crippen molar-refractivity contribution < 1.29 is 0 Å². The Morgan fingerprint density at radius 1 is 0.290 bits per heavy atom. The van der Waals surface area contributed by atoms with E-state index in [0.29, 0.717) is 0 Å². The maximum Gasteiger partial charge on any atom is 0.129 e. The van der Waals surface area contributed by atoms with E-state index in [9.17, 15) is 0 Å². The van der Waals surface area contributed by atoms with Crippen LogP contribution in [0.1, 0.15) is 112 Å². The molecule has 6 aliphatic carbocycles. The molecule has 0 aromatic heterocycles. The van der Waals surface area contributed by atoms with Crippen molar-refractivity contribution in [1.82, 2.24) is 0 Å². The summed E-state index contributed by atoms with van der Waals surface area (Å²) >= 11 is 0. The van der Waals surface area contributed by atoms with E-state index in [0.717, 1.165) is 66.8 Å². The molecule has 0 radical (unpaired) electrons. The summed E-state index contributed by atoms with van der Waals surface area (Å²) in [6.07, 6.45) is 0. The number of hydrogen-bond acceptors (Lipinski definition) is 0. The molecule has 0 aromatic rings. The second-order valence-electron chi connectivity index (χ2n) is 21.5. The lowest BCUT2D eigenvalue weighted by Gasteiger charge is -2.17. The van der Waals surface area contributed by atoms with Crippen molar-refractivity contribution in [1.29, 1.82) is 0 Å². The van der Waals surface area contributed by atoms with Crippen LogP contribution in [0.5, 0.6) is 0 Å². The topological polar surface area (TPSA) is 0 Å². The highest BCUT2D eigenvalue weighted by molar-refractivity contribution is 6.84. The second kappa shape index (κ2) is 17.3. The molecular weight excluding hydrogens is 777 g/mol. The van der Waals surface area contributed by atoms with Crippen LogP contribution in [0, 0.1) is 70.3 Å². The molecule has 308 valence electrons. The zero-order valence-corrected chi connectivity index (χ0v) is 41.7. The quantitative estimate of drug-likeness (QED) is 0.106. The Morgan fingerprint density at radius 2 is 0.484 bits per heavy atom. The third kappa shape index (κ3) is 11.2. The van der Waals surface area contributed by atoms with E-state index < -0.39 is 16.1 Å². The maximum atomic E-state index is 3.56. The summed E-state index contributed by atoms with van der Waals surface area (Å²) in [6, 6.07) is 32.8. The Hall–Kier alpha value is -6.11. The molecule has 0 amide bonds. The molecule has 0 fully saturated rings. The van der Waals surface area contributed by atoms with Gasteiger partial charge in [0.25, 0.3) is 0 Å². The van der Waals surface area contributed by atoms with Gasteiger partial charge < -0.3 is 0 Å². The summed E-state index contributed by atoms with van der Waals surface area (Å²) in [5.41, 5.74) is 23.2. The Balaban J connectivity index is 1.41. The molecule has 0 atom stereocenters. The lowest BCUT2D eigenvalue weighted by atomic mass is 9.88. The van der Waals surface area contributed by atoms with E-state index >= 15 is 0 Å². The Bertz CT molecular complexity index is 2790. The van der Waals surface area contributed by atoms with Crippen molar-refractivity contribution in [3.63, 3.8) is 0 Å². The van der Waals surface area contributed by atoms with Crippen molar-refractivity contribution in [2.24, 2.45) is 0 Å². The molecule has 0 nitrogen and oxygen atoms in total. The lowest BCUT2D eigenvalue weighted by Crippen LogP contribution is -2.16. The fourth-order valence-electron chi connectivity index (χ4n) is 7.08. The average Bonchev–Trinajstić information content (AvgIpc) is 3.49. The van der Waals surface area contributed by atoms with Crippen LogP contribution in [-0.2, 0) is 16.2 Å². The first-order valence-corrected chi connectivity index (χ1v) is 28.7. The van der Waals surface area contributed by atoms with Crippen molar-refractivity contribution in [3.05, 3.63) is 141 Å². The summed E-state index contributed by atoms with van der Waals surface area (Å²) in [5.74, 6) is 33.5. The van der Waals surface area contributed by atoms with Crippen molar-refractivity contribution in [2.45, 2.75) is 118 Å². The summed E-state index contributed by atoms with van der Waals surface area (Å²) in [7, 11) is -3.17. The molecule has 2 heteroatoms. The Labute approximate surface area is 376 Å². The molecule has 0 bridgehead atoms. The normalized spacial score (nSPS) is 11.7. The number of hydrogen-bond donors (Lipinski definition) is 0. The lowest BCUT2D eigenvalue weighted by molar-refractivity contribution is 0.590. The van der Waals surface area contributed by atoms with E-state index in [1.165, 1.54) is 16.7 Å². The van der Waals surface area contributed by atoms with Crippen LogP contribution in [0.2, 0.25) is 39.3 Å². The molecule has 0 aliphatic heterocycles. The van der Waals surface area contributed by atoms with Gasteiger partial charge in [0.05, 0.1) is 0 Å². The monoisotopic (exact) mass is 836 g/mol. The molecule has 62 heavy (non-hydrogen) atoms. The van der Waals surface area contributed by atoms with Gasteiger partial charge in [-0.1, -0.05) is 210 Å². The van der Waals surface area contributed by atoms with E-state index in [1.807, 2.05) is 0 Å². The highest BCUT2D eigenvalue weighted by Crippen LogP contribution is 2.36. The highest BCUT2D eigenvalue weighted by atomic mass is 28.3. The minimum Gasteiger partial charge on any atom is -0.127 e. The molecule has 0 aromatic carbocycles. The first-order chi connectivity index (χ1) is 28.9. The smallest absolute Gasteiger partial charge is 0.127 e. The Kier molecular flexibility index (Phi) is 12.7. The van der Waals surface area contributed by atoms with Crippen LogP contribution in [-0.4, -0.2) is 16.1 Å². The molecule has 0 heterocycles. The van der Waals surface area contributed by atoms with Crippen LogP contribution in [0.3, 0.4) is 0 Å². The zero-order chi connectivity index (χ0) is 45.3. The van der Waals surface area contributed by atoms with Gasteiger partial charge >= 0.3 is 0 Å². The van der Waals surface area contributed by atoms with Gasteiger partial charge in [-0.15, -0.1) is 11.1 Å². The number of rotatable bonds is 0. The maximum absolute atomic E-state index is 3.56. The molecule has 6 aliphatic rings. The third-order valence-electron chi connectivity index (χ3n) is 10.7. The summed E-state index contributed by atoms with van der Waals surface area (Å²) < 4.78 is 0. The summed E-state index contributed by atoms with van der Waals surface area (Å²) in [6.45, 7) is 33.8. The standard InChI is InChI=1S/C60H60Si2/c1-58(2,3)49-24-30-52-43(20-16-18-22-45-41-47(36-38-61(10,11)12)56-34-28-50(59(4,5)6)26-32-54(45)56)40-44(53(52)31-25-49)21-17-19-23-46-42-48(37-39-62(13,14)15)57-35-29-51(60(7,8)9)27-33-55(46)57/h24-35,40-42H,1-15H3. The second-order valence-corrected chi connectivity index (χ2v) is 31.0. The predicted molar refractivity (Wildman–Crippen MR) is 273 cm³/mol. The summed E-state index contributed by atoms with van der Waals surface area (Å²) in [4.78, 5) is 0. The van der Waals surface area contributed by atoms with Crippen LogP contribution >= 0.6 is 0 Å². The first-order valence-electron chi connectivity index (χ1n) is 21.7. The average molecular weight is 837 g/mol. The molecule has 6 rings (SSSR count). The van der Waals surface area contributed by atoms with Crippen LogP contribution in [0.25, 0.3) is 33.4 Å². The number of fused-ring (bicyclic) bond motifs is 3. The van der Waals surface area contributed by atoms with Gasteiger partial charge in [0.15, 0.2) is 0 Å². The molecule has 0 saturated carbocycles. The largest absolute Gasteiger partial charge is 0.129 e. The van der Waals surface area contributed by atoms with E-state index in [2.05, 4.69) is 263 Å². The highest BCUT2D eigenvalue weighted by Gasteiger charge is 2.20. The van der Waals surface area contributed by atoms with Crippen LogP contribution in [0.15, 0.2) is 91.0 Å². The van der Waals surface area contributed by atoms with Crippen molar-refractivity contribution in [2.75, 3.05) is 0 Å². The minimum atomic E-state index is -1.58. The third-order valence-corrected chi connectivity index (χ3v) is 12.5. The van der Waals surface area contributed by atoms with Gasteiger partial charge in [-0.3, -0.25) is 0 Å². The fraction of sp³-hybridized carbons (Fsp3) is 0.300. The fourth-order valence-corrected chi connectivity index (χ4v) is 8.10. The van der Waals surface area contributed by atoms with Gasteiger partial charge in [-0.25, -0.2) is 0 Å². The van der Waals surface area contributed by atoms with Gasteiger partial charge in [-0.05, 0) is 108 Å². The van der Waals surface area contributed by atoms with E-state index in [1.54, 1.807) is 0 Å². The Morgan fingerprint density at radius 3 is 0.661 bits per heavy atom. The zero-order valence-electron chi connectivity index (χ0n) is 39.7. The molecule has 0 spiro atoms. The minimum absolute atomic E-state index is 0.0130. The van der Waals surface area contributed by atoms with Gasteiger partial charge in [-0.2, -0.15) is 0 Å². The SMILES string of the molecule is CC(C)(C)c1ccc2c(C#CC#Cc3cc(C#C[Si](C)(C)C)c4ccc(C(C)(C)C)ccc3-4)cc(C#CC#Cc3cc(C#C[Si](C)(C)C)c4ccc(C(C)(C)C)ccc3-4)c-2cc1. The molecule has 0 saturated heterocycles. The summed E-state index contributed by atoms with van der Waals surface area (Å²) in [5, 5.41) is 0. The van der Waals surface area contributed by atoms with Crippen LogP contribution < -0.4 is 0 Å². The van der Waals surface area contributed by atoms with Gasteiger partial charge in [0, 0.05) is 33.4 Å². The van der Waals surface area contributed by atoms with E-state index in [-0.39, 0.29) is 16.2 Å². The molecule has 0 N–H and O–H groups in total. The van der Waals surface area contributed by atoms with E-state index in [4.69, 9.17) is 0 Å². The molecule has 0 unspecified atom stereocenters. The first kappa shape index (κ1) is 45.4. The van der Waals surface area contributed by atoms with Gasteiger partial charge in [0.1, 0.15) is 16.1 Å². The van der Waals surface area contributed by atoms with Crippen LogP contribution in [0.4, 0.5) is 0 Å². The van der Waals surface area contributed by atoms with Crippen molar-refractivity contribution in [3.8, 4) is 104 Å².